The van der Waals surface area contributed by atoms with Crippen molar-refractivity contribution >= 4 is 27.2 Å². The third-order valence-corrected chi connectivity index (χ3v) is 6.35. The summed E-state index contributed by atoms with van der Waals surface area (Å²) in [6.07, 6.45) is 2.94. The summed E-state index contributed by atoms with van der Waals surface area (Å²) < 4.78 is 23.2. The van der Waals surface area contributed by atoms with E-state index in [0.717, 1.165) is 23.2 Å². The van der Waals surface area contributed by atoms with Gasteiger partial charge in [-0.15, -0.1) is 0 Å². The number of carbonyl (C=O) groups is 1. The van der Waals surface area contributed by atoms with Crippen LogP contribution >= 0.6 is 0 Å². The largest absolute Gasteiger partial charge is 0.366 e. The van der Waals surface area contributed by atoms with Gasteiger partial charge in [0.2, 0.25) is 0 Å². The van der Waals surface area contributed by atoms with E-state index in [4.69, 9.17) is 0 Å². The van der Waals surface area contributed by atoms with Crippen molar-refractivity contribution in [1.82, 2.24) is 4.98 Å². The SMILES string of the molecule is CCc1cccc(C)c1NC(=O)c1ccnc(NC2CCS(=O)(=O)C2)c1. The summed E-state index contributed by atoms with van der Waals surface area (Å²) in [5.74, 6) is 0.602. The first-order valence-electron chi connectivity index (χ1n) is 8.71. The molecule has 2 heterocycles. The molecule has 0 radical (unpaired) electrons. The van der Waals surface area contributed by atoms with Gasteiger partial charge in [0, 0.05) is 23.5 Å². The summed E-state index contributed by atoms with van der Waals surface area (Å²) in [5, 5.41) is 6.11. The highest BCUT2D eigenvalue weighted by Crippen LogP contribution is 2.22. The molecule has 138 valence electrons. The fraction of sp³-hybridized carbons (Fsp3) is 0.368. The van der Waals surface area contributed by atoms with Gasteiger partial charge in [-0.05, 0) is 43.0 Å². The van der Waals surface area contributed by atoms with Crippen molar-refractivity contribution in [3.63, 3.8) is 0 Å². The molecule has 6 nitrogen and oxygen atoms in total. The second kappa shape index (κ2) is 7.45. The number of anilines is 2. The Morgan fingerprint density at radius 2 is 2.12 bits per heavy atom. The van der Waals surface area contributed by atoms with Crippen LogP contribution in [0.5, 0.6) is 0 Å². The van der Waals surface area contributed by atoms with Crippen LogP contribution in [-0.4, -0.2) is 36.9 Å². The van der Waals surface area contributed by atoms with Crippen molar-refractivity contribution in [3.05, 3.63) is 53.2 Å². The molecule has 26 heavy (non-hydrogen) atoms. The first kappa shape index (κ1) is 18.4. The van der Waals surface area contributed by atoms with E-state index in [-0.39, 0.29) is 23.5 Å². The lowest BCUT2D eigenvalue weighted by Gasteiger charge is -2.14. The maximum atomic E-state index is 12.7. The van der Waals surface area contributed by atoms with E-state index in [9.17, 15) is 13.2 Å². The molecule has 1 atom stereocenters. The molecule has 1 aliphatic heterocycles. The number of aromatic nitrogens is 1. The van der Waals surface area contributed by atoms with Crippen molar-refractivity contribution in [1.29, 1.82) is 0 Å². The molecule has 0 saturated carbocycles. The number of hydrogen-bond acceptors (Lipinski definition) is 5. The number of hydrogen-bond donors (Lipinski definition) is 2. The van der Waals surface area contributed by atoms with Crippen LogP contribution in [0.25, 0.3) is 0 Å². The van der Waals surface area contributed by atoms with Gasteiger partial charge in [0.1, 0.15) is 5.82 Å². The van der Waals surface area contributed by atoms with E-state index < -0.39 is 9.84 Å². The summed E-state index contributed by atoms with van der Waals surface area (Å²) in [5.41, 5.74) is 3.42. The minimum absolute atomic E-state index is 0.105. The van der Waals surface area contributed by atoms with Gasteiger partial charge in [0.15, 0.2) is 9.84 Å². The van der Waals surface area contributed by atoms with Gasteiger partial charge in [-0.2, -0.15) is 0 Å². The maximum absolute atomic E-state index is 12.7. The monoisotopic (exact) mass is 373 g/mol. The third-order valence-electron chi connectivity index (χ3n) is 4.59. The van der Waals surface area contributed by atoms with Gasteiger partial charge < -0.3 is 10.6 Å². The summed E-state index contributed by atoms with van der Waals surface area (Å²) >= 11 is 0. The van der Waals surface area contributed by atoms with Gasteiger partial charge in [-0.1, -0.05) is 25.1 Å². The fourth-order valence-electron chi connectivity index (χ4n) is 3.16. The Bertz CT molecular complexity index is 925. The fourth-order valence-corrected chi connectivity index (χ4v) is 4.83. The average Bonchev–Trinajstić information content (AvgIpc) is 2.95. The molecule has 2 N–H and O–H groups in total. The Kier molecular flexibility index (Phi) is 5.27. The van der Waals surface area contributed by atoms with Gasteiger partial charge in [0.05, 0.1) is 11.5 Å². The molecule has 0 bridgehead atoms. The topological polar surface area (TPSA) is 88.2 Å². The Morgan fingerprint density at radius 1 is 1.31 bits per heavy atom. The number of aryl methyl sites for hydroxylation is 2. The first-order chi connectivity index (χ1) is 12.4. The lowest BCUT2D eigenvalue weighted by Crippen LogP contribution is -2.22. The van der Waals surface area contributed by atoms with Gasteiger partial charge in [0.25, 0.3) is 5.91 Å². The highest BCUT2D eigenvalue weighted by atomic mass is 32.2. The number of nitrogens with zero attached hydrogens (tertiary/aromatic N) is 1. The number of pyridine rings is 1. The third kappa shape index (κ3) is 4.22. The predicted octanol–water partition coefficient (Wildman–Crippen LogP) is 2.80. The standard InChI is InChI=1S/C19H23N3O3S/c1-3-14-6-4-5-13(2)18(14)22-19(23)15-7-9-20-17(11-15)21-16-8-10-26(24,25)12-16/h4-7,9,11,16H,3,8,10,12H2,1-2H3,(H,20,21)(H,22,23). The minimum Gasteiger partial charge on any atom is -0.366 e. The molecule has 1 amide bonds. The summed E-state index contributed by atoms with van der Waals surface area (Å²) in [4.78, 5) is 16.9. The zero-order valence-electron chi connectivity index (χ0n) is 15.0. The second-order valence-corrected chi connectivity index (χ2v) is 8.82. The minimum atomic E-state index is -2.96. The molecule has 1 aromatic heterocycles. The number of amides is 1. The molecule has 1 fully saturated rings. The van der Waals surface area contributed by atoms with Crippen molar-refractivity contribution in [2.75, 3.05) is 22.1 Å². The van der Waals surface area contributed by atoms with Crippen LogP contribution in [0.4, 0.5) is 11.5 Å². The van der Waals surface area contributed by atoms with E-state index in [1.54, 1.807) is 18.3 Å². The number of rotatable bonds is 5. The van der Waals surface area contributed by atoms with Crippen LogP contribution in [0.15, 0.2) is 36.5 Å². The van der Waals surface area contributed by atoms with E-state index in [1.807, 2.05) is 25.1 Å². The van der Waals surface area contributed by atoms with Crippen LogP contribution in [0.1, 0.15) is 34.8 Å². The van der Waals surface area contributed by atoms with Crippen LogP contribution in [0, 0.1) is 6.92 Å². The molecule has 0 aliphatic carbocycles. The molecular weight excluding hydrogens is 350 g/mol. The number of nitrogens with one attached hydrogen (secondary N) is 2. The van der Waals surface area contributed by atoms with Gasteiger partial charge >= 0.3 is 0 Å². The molecule has 1 unspecified atom stereocenters. The molecule has 1 saturated heterocycles. The number of para-hydroxylation sites is 1. The molecular formula is C19H23N3O3S. The molecule has 2 aromatic rings. The zero-order valence-corrected chi connectivity index (χ0v) is 15.8. The van der Waals surface area contributed by atoms with Crippen LogP contribution in [0.3, 0.4) is 0 Å². The Morgan fingerprint density at radius 3 is 2.81 bits per heavy atom. The van der Waals surface area contributed by atoms with E-state index in [2.05, 4.69) is 22.5 Å². The summed E-state index contributed by atoms with van der Waals surface area (Å²) in [6.45, 7) is 4.02. The Labute approximate surface area is 154 Å². The van der Waals surface area contributed by atoms with Crippen LogP contribution in [0.2, 0.25) is 0 Å². The Hall–Kier alpha value is -2.41. The zero-order chi connectivity index (χ0) is 18.7. The van der Waals surface area contributed by atoms with E-state index in [0.29, 0.717) is 17.8 Å². The second-order valence-electron chi connectivity index (χ2n) is 6.59. The summed E-state index contributed by atoms with van der Waals surface area (Å²) in [6, 6.07) is 9.10. The predicted molar refractivity (Wildman–Crippen MR) is 103 cm³/mol. The van der Waals surface area contributed by atoms with Gasteiger partial charge in [-0.3, -0.25) is 4.79 Å². The van der Waals surface area contributed by atoms with Crippen molar-refractivity contribution < 1.29 is 13.2 Å². The summed E-state index contributed by atoms with van der Waals surface area (Å²) in [7, 11) is -2.96. The van der Waals surface area contributed by atoms with Crippen LogP contribution in [-0.2, 0) is 16.3 Å². The molecule has 1 aliphatic rings. The normalized spacial score (nSPS) is 18.5. The Balaban J connectivity index is 1.75. The number of sulfone groups is 1. The van der Waals surface area contributed by atoms with Crippen molar-refractivity contribution in [2.45, 2.75) is 32.7 Å². The molecule has 7 heteroatoms. The molecule has 0 spiro atoms. The first-order valence-corrected chi connectivity index (χ1v) is 10.5. The lowest BCUT2D eigenvalue weighted by molar-refractivity contribution is 0.102. The van der Waals surface area contributed by atoms with Crippen molar-refractivity contribution in [2.24, 2.45) is 0 Å². The highest BCUT2D eigenvalue weighted by Gasteiger charge is 2.28. The van der Waals surface area contributed by atoms with Crippen LogP contribution < -0.4 is 10.6 Å². The molecule has 3 rings (SSSR count). The number of benzene rings is 1. The van der Waals surface area contributed by atoms with Crippen molar-refractivity contribution in [3.8, 4) is 0 Å². The quantitative estimate of drug-likeness (QED) is 0.841. The van der Waals surface area contributed by atoms with E-state index >= 15 is 0 Å². The highest BCUT2D eigenvalue weighted by molar-refractivity contribution is 7.91. The number of carbonyl (C=O) groups excluding carboxylic acids is 1. The molecule has 1 aromatic carbocycles. The van der Waals surface area contributed by atoms with E-state index in [1.165, 1.54) is 0 Å². The maximum Gasteiger partial charge on any atom is 0.255 e. The smallest absolute Gasteiger partial charge is 0.255 e. The van der Waals surface area contributed by atoms with Gasteiger partial charge in [-0.25, -0.2) is 13.4 Å². The lowest BCUT2D eigenvalue weighted by atomic mass is 10.1. The average molecular weight is 373 g/mol.